The Hall–Kier alpha value is -1.89. The molecule has 17 heavy (non-hydrogen) atoms. The van der Waals surface area contributed by atoms with E-state index in [9.17, 15) is 4.79 Å². The quantitative estimate of drug-likeness (QED) is 0.711. The Kier molecular flexibility index (Phi) is 4.09. The summed E-state index contributed by atoms with van der Waals surface area (Å²) in [6, 6.07) is 18.8. The second kappa shape index (κ2) is 6.00. The van der Waals surface area contributed by atoms with Crippen LogP contribution in [0.25, 0.3) is 0 Å². The maximum atomic E-state index is 10.4. The molecule has 0 heterocycles. The molecule has 1 heteroatoms. The number of hydrogen-bond donors (Lipinski definition) is 0. The van der Waals surface area contributed by atoms with E-state index in [1.165, 1.54) is 16.7 Å². The van der Waals surface area contributed by atoms with Crippen LogP contribution in [0.3, 0.4) is 0 Å². The molecule has 0 unspecified atom stereocenters. The third-order valence-electron chi connectivity index (χ3n) is 2.89. The van der Waals surface area contributed by atoms with Crippen molar-refractivity contribution in [2.75, 3.05) is 0 Å². The van der Waals surface area contributed by atoms with E-state index < -0.39 is 0 Å². The maximum Gasteiger partial charge on any atom is 0.120 e. The van der Waals surface area contributed by atoms with Crippen molar-refractivity contribution in [1.29, 1.82) is 0 Å². The van der Waals surface area contributed by atoms with Gasteiger partial charge in [0, 0.05) is 6.42 Å². The summed E-state index contributed by atoms with van der Waals surface area (Å²) in [4.78, 5) is 10.4. The molecule has 0 amide bonds. The Morgan fingerprint density at radius 2 is 1.47 bits per heavy atom. The minimum Gasteiger partial charge on any atom is -0.303 e. The summed E-state index contributed by atoms with van der Waals surface area (Å²) in [5.74, 6) is 0. The summed E-state index contributed by atoms with van der Waals surface area (Å²) < 4.78 is 0. The van der Waals surface area contributed by atoms with Gasteiger partial charge in [0.15, 0.2) is 0 Å². The third-order valence-corrected chi connectivity index (χ3v) is 2.89. The van der Waals surface area contributed by atoms with E-state index in [-0.39, 0.29) is 0 Å². The smallest absolute Gasteiger partial charge is 0.120 e. The van der Waals surface area contributed by atoms with E-state index >= 15 is 0 Å². The largest absolute Gasteiger partial charge is 0.303 e. The minimum absolute atomic E-state index is 0.603. The fourth-order valence-electron chi connectivity index (χ4n) is 2.00. The zero-order valence-corrected chi connectivity index (χ0v) is 9.80. The average molecular weight is 224 g/mol. The number of aryl methyl sites for hydroxylation is 1. The lowest BCUT2D eigenvalue weighted by Crippen LogP contribution is -1.96. The van der Waals surface area contributed by atoms with E-state index in [0.717, 1.165) is 19.1 Å². The van der Waals surface area contributed by atoms with Gasteiger partial charge < -0.3 is 4.79 Å². The predicted octanol–water partition coefficient (Wildman–Crippen LogP) is 3.41. The first-order valence-corrected chi connectivity index (χ1v) is 5.94. The molecule has 0 N–H and O–H groups in total. The van der Waals surface area contributed by atoms with Crippen LogP contribution in [-0.4, -0.2) is 6.29 Å². The van der Waals surface area contributed by atoms with E-state index in [1.807, 2.05) is 12.1 Å². The minimum atomic E-state index is 0.603. The summed E-state index contributed by atoms with van der Waals surface area (Å²) in [5.41, 5.74) is 3.91. The summed E-state index contributed by atoms with van der Waals surface area (Å²) in [6.07, 6.45) is 3.37. The zero-order chi connectivity index (χ0) is 11.9. The Morgan fingerprint density at radius 3 is 2.18 bits per heavy atom. The Bertz CT molecular complexity index is 474. The number of benzene rings is 2. The van der Waals surface area contributed by atoms with Gasteiger partial charge in [-0.1, -0.05) is 54.6 Å². The monoisotopic (exact) mass is 224 g/mol. The molecule has 1 nitrogen and oxygen atoms in total. The lowest BCUT2D eigenvalue weighted by Gasteiger charge is -2.08. The van der Waals surface area contributed by atoms with Crippen molar-refractivity contribution >= 4 is 6.29 Å². The van der Waals surface area contributed by atoms with E-state index in [4.69, 9.17) is 0 Å². The highest BCUT2D eigenvalue weighted by Crippen LogP contribution is 2.15. The summed E-state index contributed by atoms with van der Waals surface area (Å²) in [5, 5.41) is 0. The lowest BCUT2D eigenvalue weighted by atomic mass is 9.97. The van der Waals surface area contributed by atoms with Crippen LogP contribution in [0.2, 0.25) is 0 Å². The van der Waals surface area contributed by atoms with Gasteiger partial charge in [-0.25, -0.2) is 0 Å². The van der Waals surface area contributed by atoms with Gasteiger partial charge in [0.1, 0.15) is 6.29 Å². The first-order valence-electron chi connectivity index (χ1n) is 5.94. The van der Waals surface area contributed by atoms with Gasteiger partial charge in [-0.3, -0.25) is 0 Å². The summed E-state index contributed by atoms with van der Waals surface area (Å²) in [6.45, 7) is 0. The Balaban J connectivity index is 2.17. The van der Waals surface area contributed by atoms with Crippen LogP contribution >= 0.6 is 0 Å². The van der Waals surface area contributed by atoms with Gasteiger partial charge in [-0.05, 0) is 29.5 Å². The highest BCUT2D eigenvalue weighted by molar-refractivity contribution is 5.50. The predicted molar refractivity (Wildman–Crippen MR) is 70.1 cm³/mol. The molecule has 0 radical (unpaired) electrons. The molecule has 0 aliphatic heterocycles. The van der Waals surface area contributed by atoms with Crippen molar-refractivity contribution in [3.05, 3.63) is 71.3 Å². The molecule has 0 atom stereocenters. The molecule has 2 aromatic rings. The van der Waals surface area contributed by atoms with Crippen molar-refractivity contribution in [1.82, 2.24) is 0 Å². The topological polar surface area (TPSA) is 17.1 Å². The zero-order valence-electron chi connectivity index (χ0n) is 9.80. The van der Waals surface area contributed by atoms with Crippen LogP contribution in [0.1, 0.15) is 23.1 Å². The van der Waals surface area contributed by atoms with Crippen molar-refractivity contribution < 1.29 is 4.79 Å². The second-order valence-corrected chi connectivity index (χ2v) is 4.14. The molecule has 0 saturated carbocycles. The van der Waals surface area contributed by atoms with E-state index in [0.29, 0.717) is 6.42 Å². The van der Waals surface area contributed by atoms with Crippen molar-refractivity contribution in [2.45, 2.75) is 19.3 Å². The summed E-state index contributed by atoms with van der Waals surface area (Å²) in [7, 11) is 0. The fraction of sp³-hybridized carbons (Fsp3) is 0.188. The molecule has 2 aromatic carbocycles. The molecule has 0 aliphatic rings. The molecule has 0 spiro atoms. The van der Waals surface area contributed by atoms with Gasteiger partial charge >= 0.3 is 0 Å². The number of hydrogen-bond acceptors (Lipinski definition) is 1. The van der Waals surface area contributed by atoms with Crippen LogP contribution in [0.15, 0.2) is 54.6 Å². The fourth-order valence-corrected chi connectivity index (χ4v) is 2.00. The van der Waals surface area contributed by atoms with Gasteiger partial charge in [0.2, 0.25) is 0 Å². The maximum absolute atomic E-state index is 10.4. The van der Waals surface area contributed by atoms with Crippen LogP contribution in [0.4, 0.5) is 0 Å². The van der Waals surface area contributed by atoms with E-state index in [1.54, 1.807) is 0 Å². The number of carbonyl (C=O) groups is 1. The van der Waals surface area contributed by atoms with Crippen LogP contribution in [0.5, 0.6) is 0 Å². The highest BCUT2D eigenvalue weighted by atomic mass is 16.1. The molecule has 86 valence electrons. The lowest BCUT2D eigenvalue weighted by molar-refractivity contribution is -0.107. The molecule has 0 bridgehead atoms. The molecular weight excluding hydrogens is 208 g/mol. The standard InChI is InChI=1S/C16H16O/c17-12-6-11-15-9-4-5-10-16(15)13-14-7-2-1-3-8-14/h1-5,7-10,12H,6,11,13H2. The van der Waals surface area contributed by atoms with Crippen LogP contribution < -0.4 is 0 Å². The molecule has 0 aliphatic carbocycles. The van der Waals surface area contributed by atoms with E-state index in [2.05, 4.69) is 42.5 Å². The van der Waals surface area contributed by atoms with Gasteiger partial charge in [-0.15, -0.1) is 0 Å². The SMILES string of the molecule is O=CCCc1ccccc1Cc1ccccc1. The highest BCUT2D eigenvalue weighted by Gasteiger charge is 2.02. The normalized spacial score (nSPS) is 10.1. The Morgan fingerprint density at radius 1 is 0.824 bits per heavy atom. The van der Waals surface area contributed by atoms with Crippen molar-refractivity contribution in [2.24, 2.45) is 0 Å². The molecule has 0 saturated heterocycles. The third kappa shape index (κ3) is 3.28. The van der Waals surface area contributed by atoms with Crippen molar-refractivity contribution in [3.8, 4) is 0 Å². The molecule has 2 rings (SSSR count). The second-order valence-electron chi connectivity index (χ2n) is 4.14. The number of aldehydes is 1. The molecule has 0 fully saturated rings. The van der Waals surface area contributed by atoms with Crippen LogP contribution in [-0.2, 0) is 17.6 Å². The van der Waals surface area contributed by atoms with Gasteiger partial charge in [0.25, 0.3) is 0 Å². The first kappa shape index (κ1) is 11.6. The van der Waals surface area contributed by atoms with Crippen LogP contribution in [0, 0.1) is 0 Å². The average Bonchev–Trinajstić information content (AvgIpc) is 2.39. The van der Waals surface area contributed by atoms with Gasteiger partial charge in [-0.2, -0.15) is 0 Å². The molecule has 0 aromatic heterocycles. The van der Waals surface area contributed by atoms with Crippen molar-refractivity contribution in [3.63, 3.8) is 0 Å². The van der Waals surface area contributed by atoms with Gasteiger partial charge in [0.05, 0.1) is 0 Å². The first-order chi connectivity index (χ1) is 8.40. The number of rotatable bonds is 5. The molecular formula is C16H16O. The Labute approximate surface area is 102 Å². The number of carbonyl (C=O) groups excluding carboxylic acids is 1. The summed E-state index contributed by atoms with van der Waals surface area (Å²) >= 11 is 0.